The fourth-order valence-electron chi connectivity index (χ4n) is 3.32. The highest BCUT2D eigenvalue weighted by atomic mass is 19.1. The van der Waals surface area contributed by atoms with Gasteiger partial charge in [-0.3, -0.25) is 9.78 Å². The van der Waals surface area contributed by atoms with Gasteiger partial charge in [-0.25, -0.2) is 19.3 Å². The molecular formula is C19H19FN6O2. The number of hydrogen-bond donors (Lipinski definition) is 1. The Morgan fingerprint density at radius 1 is 1.18 bits per heavy atom. The summed E-state index contributed by atoms with van der Waals surface area (Å²) >= 11 is 0. The number of nitrogens with one attached hydrogen (secondary N) is 1. The maximum absolute atomic E-state index is 14.6. The number of carbonyl (C=O) groups is 1. The predicted octanol–water partition coefficient (Wildman–Crippen LogP) is 3.09. The van der Waals surface area contributed by atoms with Crippen LogP contribution in [-0.4, -0.2) is 44.0 Å². The van der Waals surface area contributed by atoms with Crippen molar-refractivity contribution in [2.24, 2.45) is 0 Å². The molecule has 9 heteroatoms. The van der Waals surface area contributed by atoms with Crippen LogP contribution < -0.4 is 5.32 Å². The lowest BCUT2D eigenvalue weighted by atomic mass is 10.1. The number of aromatic nitrogens is 5. The first-order valence-electron chi connectivity index (χ1n) is 8.98. The van der Waals surface area contributed by atoms with Gasteiger partial charge in [0.1, 0.15) is 17.2 Å². The van der Waals surface area contributed by atoms with Crippen molar-refractivity contribution in [3.8, 4) is 11.4 Å². The summed E-state index contributed by atoms with van der Waals surface area (Å²) in [5, 5.41) is 2.98. The minimum atomic E-state index is -0.520. The quantitative estimate of drug-likeness (QED) is 0.678. The minimum Gasteiger partial charge on any atom is -0.381 e. The molecule has 0 bridgehead atoms. The fourth-order valence-corrected chi connectivity index (χ4v) is 3.32. The molecule has 3 aromatic rings. The van der Waals surface area contributed by atoms with Crippen LogP contribution in [0.25, 0.3) is 11.4 Å². The number of halogens is 1. The van der Waals surface area contributed by atoms with E-state index in [1.54, 1.807) is 18.3 Å². The van der Waals surface area contributed by atoms with E-state index in [0.29, 0.717) is 36.6 Å². The van der Waals surface area contributed by atoms with Crippen molar-refractivity contribution >= 4 is 17.9 Å². The van der Waals surface area contributed by atoms with Gasteiger partial charge in [0.2, 0.25) is 5.95 Å². The predicted molar refractivity (Wildman–Crippen MR) is 99.9 cm³/mol. The maximum atomic E-state index is 14.6. The zero-order chi connectivity index (χ0) is 19.5. The van der Waals surface area contributed by atoms with E-state index in [0.717, 1.165) is 24.9 Å². The van der Waals surface area contributed by atoms with Crippen LogP contribution in [0.3, 0.4) is 0 Å². The normalized spacial score (nSPS) is 14.8. The fraction of sp³-hybridized carbons (Fsp3) is 0.316. The first-order chi connectivity index (χ1) is 13.7. The van der Waals surface area contributed by atoms with Gasteiger partial charge in [-0.1, -0.05) is 0 Å². The number of pyridine rings is 1. The Kier molecular flexibility index (Phi) is 5.07. The van der Waals surface area contributed by atoms with Gasteiger partial charge in [0.15, 0.2) is 12.1 Å². The summed E-state index contributed by atoms with van der Waals surface area (Å²) in [6.07, 6.45) is 6.62. The van der Waals surface area contributed by atoms with Crippen molar-refractivity contribution < 1.29 is 13.9 Å². The largest absolute Gasteiger partial charge is 0.381 e. The lowest BCUT2D eigenvalue weighted by molar-refractivity contribution is 0.0694. The number of aryl methyl sites for hydroxylation is 1. The third-order valence-corrected chi connectivity index (χ3v) is 4.69. The molecule has 0 spiro atoms. The number of ether oxygens (including phenoxy) is 1. The summed E-state index contributed by atoms with van der Waals surface area (Å²) in [4.78, 5) is 27.4. The third-order valence-electron chi connectivity index (χ3n) is 4.69. The number of nitrogens with zero attached hydrogens (tertiary/aromatic N) is 5. The van der Waals surface area contributed by atoms with Crippen LogP contribution in [-0.2, 0) is 4.74 Å². The third kappa shape index (κ3) is 3.61. The summed E-state index contributed by atoms with van der Waals surface area (Å²) in [7, 11) is 0. The van der Waals surface area contributed by atoms with Gasteiger partial charge >= 0.3 is 0 Å². The first kappa shape index (κ1) is 18.2. The summed E-state index contributed by atoms with van der Waals surface area (Å²) < 4.78 is 22.0. The monoisotopic (exact) mass is 382 g/mol. The minimum absolute atomic E-state index is 0.182. The molecule has 0 saturated carbocycles. The number of carbonyl (C=O) groups excluding carboxylic acids is 1. The molecule has 1 aliphatic heterocycles. The Hall–Kier alpha value is -3.20. The second-order valence-corrected chi connectivity index (χ2v) is 6.51. The summed E-state index contributed by atoms with van der Waals surface area (Å²) in [5.74, 6) is 0.519. The van der Waals surface area contributed by atoms with Crippen molar-refractivity contribution in [1.82, 2.24) is 24.5 Å². The average molecular weight is 382 g/mol. The van der Waals surface area contributed by atoms with E-state index in [2.05, 4.69) is 25.3 Å². The number of hydrogen-bond acceptors (Lipinski definition) is 7. The molecule has 0 aromatic carbocycles. The van der Waals surface area contributed by atoms with Crippen molar-refractivity contribution in [1.29, 1.82) is 0 Å². The van der Waals surface area contributed by atoms with Crippen LogP contribution >= 0.6 is 0 Å². The zero-order valence-corrected chi connectivity index (χ0v) is 15.3. The van der Waals surface area contributed by atoms with Crippen molar-refractivity contribution in [3.63, 3.8) is 0 Å². The second-order valence-electron chi connectivity index (χ2n) is 6.51. The van der Waals surface area contributed by atoms with E-state index < -0.39 is 5.82 Å². The number of rotatable bonds is 5. The standard InChI is InChI=1S/C19H19FN6O2/c1-12-21-10-17(26(12)15-4-6-28-7-5-15)18-16(20)9-23-19(25-18)24-13-2-3-14(11-27)22-8-13/h2-3,8-11,15H,4-7H2,1H3,(H,23,24,25). The molecule has 1 saturated heterocycles. The summed E-state index contributed by atoms with van der Waals surface area (Å²) in [5.41, 5.74) is 1.71. The molecule has 1 N–H and O–H groups in total. The van der Waals surface area contributed by atoms with Gasteiger partial charge in [-0.05, 0) is 31.9 Å². The van der Waals surface area contributed by atoms with Gasteiger partial charge in [0.25, 0.3) is 0 Å². The Morgan fingerprint density at radius 3 is 2.71 bits per heavy atom. The van der Waals surface area contributed by atoms with E-state index in [-0.39, 0.29) is 17.7 Å². The molecule has 144 valence electrons. The van der Waals surface area contributed by atoms with Gasteiger partial charge in [-0.15, -0.1) is 0 Å². The Labute approximate surface area is 160 Å². The molecule has 0 aliphatic carbocycles. The van der Waals surface area contributed by atoms with Crippen molar-refractivity contribution in [2.45, 2.75) is 25.8 Å². The highest BCUT2D eigenvalue weighted by Gasteiger charge is 2.23. The smallest absolute Gasteiger partial charge is 0.228 e. The zero-order valence-electron chi connectivity index (χ0n) is 15.3. The van der Waals surface area contributed by atoms with Crippen LogP contribution in [0.5, 0.6) is 0 Å². The lowest BCUT2D eigenvalue weighted by Gasteiger charge is -2.26. The van der Waals surface area contributed by atoms with E-state index in [1.807, 2.05) is 11.5 Å². The first-order valence-corrected chi connectivity index (χ1v) is 8.98. The second kappa shape index (κ2) is 7.81. The van der Waals surface area contributed by atoms with Gasteiger partial charge < -0.3 is 14.6 Å². The molecular weight excluding hydrogens is 363 g/mol. The molecule has 4 heterocycles. The van der Waals surface area contributed by atoms with E-state index in [4.69, 9.17) is 4.74 Å². The molecule has 0 radical (unpaired) electrons. The Morgan fingerprint density at radius 2 is 2.00 bits per heavy atom. The number of imidazole rings is 1. The molecule has 0 amide bonds. The Balaban J connectivity index is 1.67. The highest BCUT2D eigenvalue weighted by molar-refractivity contribution is 5.72. The molecule has 1 fully saturated rings. The molecule has 1 aliphatic rings. The number of anilines is 2. The molecule has 0 unspecified atom stereocenters. The molecule has 28 heavy (non-hydrogen) atoms. The van der Waals surface area contributed by atoms with Gasteiger partial charge in [-0.2, -0.15) is 0 Å². The molecule has 8 nitrogen and oxygen atoms in total. The lowest BCUT2D eigenvalue weighted by Crippen LogP contribution is -2.21. The van der Waals surface area contributed by atoms with Crippen LogP contribution in [0, 0.1) is 12.7 Å². The molecule has 0 atom stereocenters. The van der Waals surface area contributed by atoms with Gasteiger partial charge in [0, 0.05) is 19.3 Å². The number of aldehydes is 1. The topological polar surface area (TPSA) is 94.8 Å². The maximum Gasteiger partial charge on any atom is 0.228 e. The molecule has 3 aromatic heterocycles. The van der Waals surface area contributed by atoms with Gasteiger partial charge in [0.05, 0.1) is 30.0 Å². The van der Waals surface area contributed by atoms with E-state index >= 15 is 0 Å². The summed E-state index contributed by atoms with van der Waals surface area (Å²) in [6.45, 7) is 3.24. The summed E-state index contributed by atoms with van der Waals surface area (Å²) in [6, 6.07) is 3.44. The van der Waals surface area contributed by atoms with Crippen LogP contribution in [0.2, 0.25) is 0 Å². The highest BCUT2D eigenvalue weighted by Crippen LogP contribution is 2.30. The SMILES string of the molecule is Cc1ncc(-c2nc(Nc3ccc(C=O)nc3)ncc2F)n1C1CCOCC1. The Bertz CT molecular complexity index is 983. The van der Waals surface area contributed by atoms with E-state index in [9.17, 15) is 9.18 Å². The van der Waals surface area contributed by atoms with Crippen LogP contribution in [0.1, 0.15) is 35.2 Å². The molecule has 4 rings (SSSR count). The average Bonchev–Trinajstić information content (AvgIpc) is 3.12. The van der Waals surface area contributed by atoms with E-state index in [1.165, 1.54) is 6.20 Å². The van der Waals surface area contributed by atoms with Crippen molar-refractivity contribution in [2.75, 3.05) is 18.5 Å². The van der Waals surface area contributed by atoms with Crippen LogP contribution in [0.15, 0.2) is 30.7 Å². The van der Waals surface area contributed by atoms with Crippen LogP contribution in [0.4, 0.5) is 16.0 Å². The van der Waals surface area contributed by atoms with Crippen molar-refractivity contribution in [3.05, 3.63) is 48.1 Å².